The van der Waals surface area contributed by atoms with Gasteiger partial charge in [-0.05, 0) is 37.8 Å². The molecule has 144 valence electrons. The van der Waals surface area contributed by atoms with Gasteiger partial charge in [0.05, 0.1) is 23.4 Å². The highest BCUT2D eigenvalue weighted by Gasteiger charge is 2.38. The maximum Gasteiger partial charge on any atom is 0.0724 e. The summed E-state index contributed by atoms with van der Waals surface area (Å²) in [5.41, 5.74) is 1.16. The van der Waals surface area contributed by atoms with E-state index in [2.05, 4.69) is 27.2 Å². The molecule has 0 bridgehead atoms. The third kappa shape index (κ3) is 4.18. The lowest BCUT2D eigenvalue weighted by atomic mass is 10.0. The van der Waals surface area contributed by atoms with Gasteiger partial charge in [-0.15, -0.1) is 0 Å². The highest BCUT2D eigenvalue weighted by molar-refractivity contribution is 6.33. The minimum atomic E-state index is 0.203. The number of nitrogens with zero attached hydrogens (tertiary/aromatic N) is 2. The summed E-state index contributed by atoms with van der Waals surface area (Å²) in [6.45, 7) is 5.23. The maximum atomic E-state index is 9.13. The number of morpholine rings is 1. The van der Waals surface area contributed by atoms with Crippen LogP contribution in [0.4, 0.5) is 5.69 Å². The molecule has 3 saturated heterocycles. The fourth-order valence-electron chi connectivity index (χ4n) is 4.71. The minimum Gasteiger partial charge on any atom is -0.396 e. The molecule has 3 aliphatic heterocycles. The fourth-order valence-corrected chi connectivity index (χ4v) is 4.97. The standard InChI is InChI=1S/C20H30ClN3O2/c21-19-3-1-2-4-20(19)23-8-5-15(6-9-23)22-16-11-17-14-26-18(7-10-25)13-24(17)12-16/h1-4,15-18,22,25H,5-14H2/t16-,17+,18+/m1/s1. The number of hydrogen-bond donors (Lipinski definition) is 2. The Morgan fingerprint density at radius 1 is 1.15 bits per heavy atom. The van der Waals surface area contributed by atoms with Crippen LogP contribution in [0, 0.1) is 0 Å². The van der Waals surface area contributed by atoms with Crippen LogP contribution in [-0.2, 0) is 4.74 Å². The second-order valence-corrected chi connectivity index (χ2v) is 8.29. The quantitative estimate of drug-likeness (QED) is 0.820. The van der Waals surface area contributed by atoms with E-state index >= 15 is 0 Å². The number of aliphatic hydroxyl groups excluding tert-OH is 1. The first-order valence-electron chi connectivity index (χ1n) is 9.95. The smallest absolute Gasteiger partial charge is 0.0724 e. The normalized spacial score (nSPS) is 30.5. The Bertz CT molecular complexity index is 594. The van der Waals surface area contributed by atoms with Crippen molar-refractivity contribution in [3.05, 3.63) is 29.3 Å². The summed E-state index contributed by atoms with van der Waals surface area (Å²) in [4.78, 5) is 4.96. The Morgan fingerprint density at radius 3 is 2.73 bits per heavy atom. The lowest BCUT2D eigenvalue weighted by molar-refractivity contribution is -0.0567. The lowest BCUT2D eigenvalue weighted by Crippen LogP contribution is -2.48. The van der Waals surface area contributed by atoms with Crippen molar-refractivity contribution in [2.75, 3.05) is 44.3 Å². The third-order valence-corrected chi connectivity index (χ3v) is 6.42. The number of benzene rings is 1. The van der Waals surface area contributed by atoms with E-state index in [0.29, 0.717) is 18.1 Å². The molecule has 6 heteroatoms. The van der Waals surface area contributed by atoms with E-state index in [1.165, 1.54) is 6.42 Å². The Labute approximate surface area is 161 Å². The molecule has 3 heterocycles. The summed E-state index contributed by atoms with van der Waals surface area (Å²) in [5.74, 6) is 0. The average Bonchev–Trinajstić information content (AvgIpc) is 3.05. The van der Waals surface area contributed by atoms with Gasteiger partial charge in [0.1, 0.15) is 0 Å². The molecular weight excluding hydrogens is 350 g/mol. The molecule has 0 saturated carbocycles. The predicted octanol–water partition coefficient (Wildman–Crippen LogP) is 2.12. The molecule has 3 aliphatic rings. The van der Waals surface area contributed by atoms with Crippen molar-refractivity contribution in [1.82, 2.24) is 10.2 Å². The monoisotopic (exact) mass is 379 g/mol. The molecule has 2 N–H and O–H groups in total. The summed E-state index contributed by atoms with van der Waals surface area (Å²) >= 11 is 6.35. The summed E-state index contributed by atoms with van der Waals surface area (Å²) < 4.78 is 5.90. The summed E-state index contributed by atoms with van der Waals surface area (Å²) in [7, 11) is 0. The van der Waals surface area contributed by atoms with Gasteiger partial charge >= 0.3 is 0 Å². The molecule has 5 nitrogen and oxygen atoms in total. The van der Waals surface area contributed by atoms with Crippen LogP contribution in [0.15, 0.2) is 24.3 Å². The Balaban J connectivity index is 1.25. The minimum absolute atomic E-state index is 0.203. The van der Waals surface area contributed by atoms with Gasteiger partial charge in [-0.1, -0.05) is 23.7 Å². The zero-order chi connectivity index (χ0) is 17.9. The largest absolute Gasteiger partial charge is 0.396 e. The van der Waals surface area contributed by atoms with Crippen molar-refractivity contribution in [3.8, 4) is 0 Å². The number of halogens is 1. The first-order valence-corrected chi connectivity index (χ1v) is 10.3. The van der Waals surface area contributed by atoms with Gasteiger partial charge in [0.2, 0.25) is 0 Å². The number of para-hydroxylation sites is 1. The highest BCUT2D eigenvalue weighted by Crippen LogP contribution is 2.29. The van der Waals surface area contributed by atoms with Crippen molar-refractivity contribution in [2.45, 2.75) is 49.9 Å². The molecule has 26 heavy (non-hydrogen) atoms. The molecule has 0 amide bonds. The topological polar surface area (TPSA) is 48.0 Å². The Hall–Kier alpha value is -0.850. The molecule has 0 radical (unpaired) electrons. The molecule has 3 atom stereocenters. The molecule has 0 unspecified atom stereocenters. The molecule has 3 fully saturated rings. The van der Waals surface area contributed by atoms with Crippen LogP contribution in [-0.4, -0.2) is 73.6 Å². The van der Waals surface area contributed by atoms with Gasteiger partial charge < -0.3 is 20.1 Å². The van der Waals surface area contributed by atoms with Gasteiger partial charge in [0.15, 0.2) is 0 Å². The van der Waals surface area contributed by atoms with E-state index in [4.69, 9.17) is 21.4 Å². The van der Waals surface area contributed by atoms with E-state index < -0.39 is 0 Å². The number of piperidine rings is 1. The summed E-state index contributed by atoms with van der Waals surface area (Å²) in [5, 5.41) is 13.9. The molecule has 0 spiro atoms. The molecule has 0 aliphatic carbocycles. The SMILES string of the molecule is OCC[C@H]1CN2C[C@H](NC3CCN(c4ccccc4Cl)CC3)C[C@H]2CO1. The van der Waals surface area contributed by atoms with Crippen LogP contribution in [0.1, 0.15) is 25.7 Å². The van der Waals surface area contributed by atoms with E-state index in [1.54, 1.807) is 0 Å². The van der Waals surface area contributed by atoms with Crippen LogP contribution in [0.5, 0.6) is 0 Å². The zero-order valence-electron chi connectivity index (χ0n) is 15.3. The molecule has 1 aromatic rings. The summed E-state index contributed by atoms with van der Waals surface area (Å²) in [6.07, 6.45) is 4.46. The Morgan fingerprint density at radius 2 is 1.96 bits per heavy atom. The predicted molar refractivity (Wildman–Crippen MR) is 105 cm³/mol. The van der Waals surface area contributed by atoms with Crippen LogP contribution in [0.25, 0.3) is 0 Å². The van der Waals surface area contributed by atoms with Crippen LogP contribution in [0.2, 0.25) is 5.02 Å². The van der Waals surface area contributed by atoms with Gasteiger partial charge in [0.25, 0.3) is 0 Å². The van der Waals surface area contributed by atoms with E-state index in [0.717, 1.165) is 62.8 Å². The van der Waals surface area contributed by atoms with E-state index in [-0.39, 0.29) is 12.7 Å². The van der Waals surface area contributed by atoms with Crippen LogP contribution < -0.4 is 10.2 Å². The average molecular weight is 380 g/mol. The number of fused-ring (bicyclic) bond motifs is 1. The van der Waals surface area contributed by atoms with Gasteiger partial charge in [-0.25, -0.2) is 0 Å². The number of nitrogens with one attached hydrogen (secondary N) is 1. The Kier molecular flexibility index (Phi) is 6.01. The summed E-state index contributed by atoms with van der Waals surface area (Å²) in [6, 6.07) is 9.85. The second kappa shape index (κ2) is 8.44. The van der Waals surface area contributed by atoms with Gasteiger partial charge in [-0.2, -0.15) is 0 Å². The van der Waals surface area contributed by atoms with Crippen LogP contribution in [0.3, 0.4) is 0 Å². The van der Waals surface area contributed by atoms with Crippen molar-refractivity contribution >= 4 is 17.3 Å². The lowest BCUT2D eigenvalue weighted by Gasteiger charge is -2.36. The van der Waals surface area contributed by atoms with Crippen molar-refractivity contribution in [2.24, 2.45) is 0 Å². The van der Waals surface area contributed by atoms with E-state index in [9.17, 15) is 0 Å². The van der Waals surface area contributed by atoms with Crippen molar-refractivity contribution < 1.29 is 9.84 Å². The number of aliphatic hydroxyl groups is 1. The number of anilines is 1. The molecular formula is C20H30ClN3O2. The van der Waals surface area contributed by atoms with Gasteiger partial charge in [-0.3, -0.25) is 4.90 Å². The number of ether oxygens (including phenoxy) is 1. The second-order valence-electron chi connectivity index (χ2n) is 7.89. The van der Waals surface area contributed by atoms with E-state index in [1.807, 2.05) is 12.1 Å². The van der Waals surface area contributed by atoms with Gasteiger partial charge in [0, 0.05) is 50.9 Å². The maximum absolute atomic E-state index is 9.13. The van der Waals surface area contributed by atoms with Crippen molar-refractivity contribution in [3.63, 3.8) is 0 Å². The molecule has 1 aromatic carbocycles. The first kappa shape index (κ1) is 18.5. The highest BCUT2D eigenvalue weighted by atomic mass is 35.5. The molecule has 4 rings (SSSR count). The first-order chi connectivity index (χ1) is 12.7. The fraction of sp³-hybridized carbons (Fsp3) is 0.700. The zero-order valence-corrected chi connectivity index (χ0v) is 16.1. The van der Waals surface area contributed by atoms with Crippen molar-refractivity contribution in [1.29, 1.82) is 0 Å². The number of rotatable bonds is 5. The molecule has 0 aromatic heterocycles. The number of hydrogen-bond acceptors (Lipinski definition) is 5. The third-order valence-electron chi connectivity index (χ3n) is 6.10. The van der Waals surface area contributed by atoms with Crippen LogP contribution >= 0.6 is 11.6 Å².